The Morgan fingerprint density at radius 3 is 2.95 bits per heavy atom. The Morgan fingerprint density at radius 1 is 1.27 bits per heavy atom. The molecule has 112 valence electrons. The minimum absolute atomic E-state index is 0.0279. The molecule has 1 aliphatic heterocycles. The average Bonchev–Trinajstić information content (AvgIpc) is 2.46. The zero-order valence-corrected chi connectivity index (χ0v) is 13.1. The standard InChI is InChI=1S/C16H13ClN2O2S/c17-11-3-1-2-10(6-11)7-15(20)18-12-4-5-14-13(8-12)19-16(21)9-22-14/h1-6,8H,7,9H2,(H,18,20)(H,19,21). The zero-order valence-electron chi connectivity index (χ0n) is 11.6. The van der Waals surface area contributed by atoms with Crippen molar-refractivity contribution < 1.29 is 9.59 Å². The van der Waals surface area contributed by atoms with Gasteiger partial charge >= 0.3 is 0 Å². The summed E-state index contributed by atoms with van der Waals surface area (Å²) in [5, 5.41) is 6.24. The van der Waals surface area contributed by atoms with Crippen LogP contribution >= 0.6 is 23.4 Å². The highest BCUT2D eigenvalue weighted by Gasteiger charge is 2.16. The first kappa shape index (κ1) is 14.9. The first-order valence-electron chi connectivity index (χ1n) is 6.71. The van der Waals surface area contributed by atoms with Gasteiger partial charge in [0.1, 0.15) is 0 Å². The van der Waals surface area contributed by atoms with Gasteiger partial charge in [-0.2, -0.15) is 0 Å². The normalized spacial score (nSPS) is 13.2. The Bertz CT molecular complexity index is 749. The quantitative estimate of drug-likeness (QED) is 0.903. The maximum Gasteiger partial charge on any atom is 0.234 e. The Morgan fingerprint density at radius 2 is 2.14 bits per heavy atom. The summed E-state index contributed by atoms with van der Waals surface area (Å²) in [4.78, 5) is 24.5. The molecule has 22 heavy (non-hydrogen) atoms. The molecule has 6 heteroatoms. The number of anilines is 2. The molecule has 0 atom stereocenters. The number of nitrogens with one attached hydrogen (secondary N) is 2. The topological polar surface area (TPSA) is 58.2 Å². The van der Waals surface area contributed by atoms with E-state index in [-0.39, 0.29) is 18.2 Å². The second kappa shape index (κ2) is 6.42. The second-order valence-corrected chi connectivity index (χ2v) is 6.36. The lowest BCUT2D eigenvalue weighted by Crippen LogP contribution is -2.19. The maximum absolute atomic E-state index is 12.1. The smallest absolute Gasteiger partial charge is 0.234 e. The van der Waals surface area contributed by atoms with Crippen molar-refractivity contribution in [3.8, 4) is 0 Å². The number of hydrogen-bond donors (Lipinski definition) is 2. The lowest BCUT2D eigenvalue weighted by molar-refractivity contribution is -0.115. The van der Waals surface area contributed by atoms with Gasteiger partial charge in [0.25, 0.3) is 0 Å². The predicted octanol–water partition coefficient (Wildman–Crippen LogP) is 3.57. The molecule has 2 amide bonds. The Kier molecular flexibility index (Phi) is 4.36. The molecular weight excluding hydrogens is 320 g/mol. The van der Waals surface area contributed by atoms with E-state index in [0.29, 0.717) is 16.5 Å². The number of benzene rings is 2. The van der Waals surface area contributed by atoms with Crippen molar-refractivity contribution in [3.05, 3.63) is 53.1 Å². The molecule has 0 spiro atoms. The summed E-state index contributed by atoms with van der Waals surface area (Å²) >= 11 is 7.40. The molecule has 4 nitrogen and oxygen atoms in total. The van der Waals surface area contributed by atoms with E-state index in [9.17, 15) is 9.59 Å². The fourth-order valence-electron chi connectivity index (χ4n) is 2.20. The molecule has 0 aromatic heterocycles. The van der Waals surface area contributed by atoms with Crippen LogP contribution in [0.5, 0.6) is 0 Å². The van der Waals surface area contributed by atoms with Crippen LogP contribution in [0.2, 0.25) is 5.02 Å². The van der Waals surface area contributed by atoms with Crippen LogP contribution in [0.25, 0.3) is 0 Å². The molecule has 0 unspecified atom stereocenters. The number of hydrogen-bond acceptors (Lipinski definition) is 3. The van der Waals surface area contributed by atoms with Crippen LogP contribution in [0.1, 0.15) is 5.56 Å². The van der Waals surface area contributed by atoms with Crippen molar-refractivity contribution in [2.45, 2.75) is 11.3 Å². The van der Waals surface area contributed by atoms with Gasteiger partial charge in [-0.1, -0.05) is 23.7 Å². The fourth-order valence-corrected chi connectivity index (χ4v) is 3.20. The first-order valence-corrected chi connectivity index (χ1v) is 8.07. The van der Waals surface area contributed by atoms with Crippen molar-refractivity contribution in [2.75, 3.05) is 16.4 Å². The third kappa shape index (κ3) is 3.61. The summed E-state index contributed by atoms with van der Waals surface area (Å²) in [6.07, 6.45) is 0.249. The Hall–Kier alpha value is -1.98. The lowest BCUT2D eigenvalue weighted by atomic mass is 10.1. The van der Waals surface area contributed by atoms with Gasteiger partial charge in [-0.15, -0.1) is 11.8 Å². The van der Waals surface area contributed by atoms with Gasteiger partial charge in [0.15, 0.2) is 0 Å². The van der Waals surface area contributed by atoms with Gasteiger partial charge in [-0.3, -0.25) is 9.59 Å². The molecular formula is C16H13ClN2O2S. The molecule has 0 fully saturated rings. The Labute approximate surface area is 137 Å². The lowest BCUT2D eigenvalue weighted by Gasteiger charge is -2.17. The van der Waals surface area contributed by atoms with E-state index < -0.39 is 0 Å². The van der Waals surface area contributed by atoms with E-state index in [1.807, 2.05) is 24.3 Å². The summed E-state index contributed by atoms with van der Waals surface area (Å²) in [5.41, 5.74) is 2.25. The van der Waals surface area contributed by atoms with Crippen LogP contribution in [-0.4, -0.2) is 17.6 Å². The molecule has 0 saturated heterocycles. The third-order valence-corrected chi connectivity index (χ3v) is 4.46. The van der Waals surface area contributed by atoms with Gasteiger partial charge in [0.05, 0.1) is 17.9 Å². The van der Waals surface area contributed by atoms with Crippen LogP contribution in [0.3, 0.4) is 0 Å². The molecule has 2 N–H and O–H groups in total. The van der Waals surface area contributed by atoms with Gasteiger partial charge in [0.2, 0.25) is 11.8 Å². The molecule has 2 aromatic rings. The molecule has 0 radical (unpaired) electrons. The van der Waals surface area contributed by atoms with Crippen LogP contribution in [0, 0.1) is 0 Å². The summed E-state index contributed by atoms with van der Waals surface area (Å²) < 4.78 is 0. The summed E-state index contributed by atoms with van der Waals surface area (Å²) in [6, 6.07) is 12.7. The molecule has 2 aromatic carbocycles. The van der Waals surface area contributed by atoms with E-state index in [4.69, 9.17) is 11.6 Å². The van der Waals surface area contributed by atoms with Crippen LogP contribution < -0.4 is 10.6 Å². The summed E-state index contributed by atoms with van der Waals surface area (Å²) in [5.74, 6) is 0.268. The highest BCUT2D eigenvalue weighted by molar-refractivity contribution is 8.00. The largest absolute Gasteiger partial charge is 0.326 e. The molecule has 0 bridgehead atoms. The zero-order chi connectivity index (χ0) is 15.5. The molecule has 3 rings (SSSR count). The molecule has 1 heterocycles. The first-order chi connectivity index (χ1) is 10.6. The van der Waals surface area contributed by atoms with Gasteiger partial charge in [0, 0.05) is 15.6 Å². The number of thioether (sulfide) groups is 1. The monoisotopic (exact) mass is 332 g/mol. The van der Waals surface area contributed by atoms with Crippen LogP contribution in [0.15, 0.2) is 47.4 Å². The SMILES string of the molecule is O=C(Cc1cccc(Cl)c1)Nc1ccc2c(c1)NC(=O)CS2. The highest BCUT2D eigenvalue weighted by atomic mass is 35.5. The van der Waals surface area contributed by atoms with E-state index in [0.717, 1.165) is 16.1 Å². The number of carbonyl (C=O) groups is 2. The van der Waals surface area contributed by atoms with Crippen molar-refractivity contribution in [1.29, 1.82) is 0 Å². The average molecular weight is 333 g/mol. The molecule has 0 saturated carbocycles. The van der Waals surface area contributed by atoms with Gasteiger partial charge in [-0.05, 0) is 35.9 Å². The number of fused-ring (bicyclic) bond motifs is 1. The number of carbonyl (C=O) groups excluding carboxylic acids is 2. The van der Waals surface area contributed by atoms with E-state index in [1.54, 1.807) is 18.2 Å². The van der Waals surface area contributed by atoms with Gasteiger partial charge in [-0.25, -0.2) is 0 Å². The third-order valence-electron chi connectivity index (χ3n) is 3.15. The van der Waals surface area contributed by atoms with Crippen LogP contribution in [-0.2, 0) is 16.0 Å². The fraction of sp³-hybridized carbons (Fsp3) is 0.125. The van der Waals surface area contributed by atoms with Crippen molar-refractivity contribution in [3.63, 3.8) is 0 Å². The van der Waals surface area contributed by atoms with Crippen LogP contribution in [0.4, 0.5) is 11.4 Å². The number of halogens is 1. The van der Waals surface area contributed by atoms with Gasteiger partial charge < -0.3 is 10.6 Å². The highest BCUT2D eigenvalue weighted by Crippen LogP contribution is 2.33. The van der Waals surface area contributed by atoms with Crippen molar-refractivity contribution in [1.82, 2.24) is 0 Å². The molecule has 1 aliphatic rings. The minimum atomic E-state index is -0.128. The van der Waals surface area contributed by atoms with E-state index in [2.05, 4.69) is 10.6 Å². The molecule has 0 aliphatic carbocycles. The summed E-state index contributed by atoms with van der Waals surface area (Å²) in [6.45, 7) is 0. The summed E-state index contributed by atoms with van der Waals surface area (Å²) in [7, 11) is 0. The second-order valence-electron chi connectivity index (χ2n) is 4.90. The van der Waals surface area contributed by atoms with E-state index >= 15 is 0 Å². The van der Waals surface area contributed by atoms with Crippen molar-refractivity contribution >= 4 is 46.6 Å². The Balaban J connectivity index is 1.69. The maximum atomic E-state index is 12.1. The van der Waals surface area contributed by atoms with Crippen molar-refractivity contribution in [2.24, 2.45) is 0 Å². The minimum Gasteiger partial charge on any atom is -0.326 e. The number of rotatable bonds is 3. The number of amides is 2. The predicted molar refractivity (Wildman–Crippen MR) is 89.6 cm³/mol. The van der Waals surface area contributed by atoms with E-state index in [1.165, 1.54) is 11.8 Å².